The fourth-order valence-corrected chi connectivity index (χ4v) is 2.56. The van der Waals surface area contributed by atoms with Gasteiger partial charge in [0.05, 0.1) is 13.2 Å². The Morgan fingerprint density at radius 1 is 1.04 bits per heavy atom. The van der Waals surface area contributed by atoms with Crippen molar-refractivity contribution in [2.45, 2.75) is 26.7 Å². The molecule has 0 bridgehead atoms. The summed E-state index contributed by atoms with van der Waals surface area (Å²) in [6.45, 7) is 6.92. The Balaban J connectivity index is 1.63. The molecule has 6 heteroatoms. The first-order chi connectivity index (χ1) is 11.6. The standard InChI is InChI=1S/C18H26N2O4/c1-3-23-18(22)20-12-10-19(11-13-20)17(21)5-4-14-24-16-8-6-15(2)7-9-16/h6-9H,3-5,10-14H2,1-2H3. The van der Waals surface area contributed by atoms with Crippen molar-refractivity contribution in [1.82, 2.24) is 9.80 Å². The summed E-state index contributed by atoms with van der Waals surface area (Å²) in [7, 11) is 0. The minimum Gasteiger partial charge on any atom is -0.494 e. The largest absolute Gasteiger partial charge is 0.494 e. The SMILES string of the molecule is CCOC(=O)N1CCN(C(=O)CCCOc2ccc(C)cc2)CC1. The van der Waals surface area contributed by atoms with Crippen molar-refractivity contribution in [3.05, 3.63) is 29.8 Å². The third kappa shape index (κ3) is 5.44. The van der Waals surface area contributed by atoms with E-state index in [4.69, 9.17) is 9.47 Å². The molecule has 0 atom stereocenters. The van der Waals surface area contributed by atoms with Crippen molar-refractivity contribution in [3.63, 3.8) is 0 Å². The highest BCUT2D eigenvalue weighted by Gasteiger charge is 2.24. The van der Waals surface area contributed by atoms with Crippen LogP contribution < -0.4 is 4.74 Å². The molecule has 2 rings (SSSR count). The maximum atomic E-state index is 12.2. The van der Waals surface area contributed by atoms with Gasteiger partial charge in [-0.25, -0.2) is 4.79 Å². The van der Waals surface area contributed by atoms with E-state index in [1.54, 1.807) is 11.8 Å². The molecule has 24 heavy (non-hydrogen) atoms. The second kappa shape index (κ2) is 9.15. The number of ether oxygens (including phenoxy) is 2. The summed E-state index contributed by atoms with van der Waals surface area (Å²) in [6.07, 6.45) is 0.854. The number of aryl methyl sites for hydroxylation is 1. The van der Waals surface area contributed by atoms with Crippen LogP contribution in [0.4, 0.5) is 4.79 Å². The number of hydrogen-bond acceptors (Lipinski definition) is 4. The lowest BCUT2D eigenvalue weighted by Gasteiger charge is -2.34. The zero-order valence-corrected chi connectivity index (χ0v) is 14.5. The summed E-state index contributed by atoms with van der Waals surface area (Å²) >= 11 is 0. The number of benzene rings is 1. The van der Waals surface area contributed by atoms with E-state index in [1.165, 1.54) is 5.56 Å². The maximum absolute atomic E-state index is 12.2. The van der Waals surface area contributed by atoms with Crippen molar-refractivity contribution in [3.8, 4) is 5.75 Å². The third-order valence-corrected chi connectivity index (χ3v) is 3.98. The molecule has 1 heterocycles. The number of piperazine rings is 1. The summed E-state index contributed by atoms with van der Waals surface area (Å²) in [6, 6.07) is 7.88. The molecule has 1 aromatic rings. The molecule has 0 radical (unpaired) electrons. The van der Waals surface area contributed by atoms with Gasteiger partial charge >= 0.3 is 6.09 Å². The molecule has 1 saturated heterocycles. The molecule has 0 unspecified atom stereocenters. The van der Waals surface area contributed by atoms with Crippen LogP contribution in [0.3, 0.4) is 0 Å². The van der Waals surface area contributed by atoms with Crippen LogP contribution >= 0.6 is 0 Å². The highest BCUT2D eigenvalue weighted by molar-refractivity contribution is 5.76. The molecule has 0 spiro atoms. The Kier molecular flexibility index (Phi) is 6.90. The van der Waals surface area contributed by atoms with E-state index < -0.39 is 0 Å². The molecule has 0 aliphatic carbocycles. The van der Waals surface area contributed by atoms with Gasteiger partial charge in [-0.2, -0.15) is 0 Å². The van der Waals surface area contributed by atoms with E-state index in [1.807, 2.05) is 36.1 Å². The van der Waals surface area contributed by atoms with Crippen LogP contribution in [0.2, 0.25) is 0 Å². The van der Waals surface area contributed by atoms with Crippen molar-refractivity contribution in [1.29, 1.82) is 0 Å². The van der Waals surface area contributed by atoms with Gasteiger partial charge in [0, 0.05) is 32.6 Å². The predicted octanol–water partition coefficient (Wildman–Crippen LogP) is 2.45. The van der Waals surface area contributed by atoms with Crippen LogP contribution in [0.15, 0.2) is 24.3 Å². The van der Waals surface area contributed by atoms with Crippen molar-refractivity contribution < 1.29 is 19.1 Å². The van der Waals surface area contributed by atoms with Gasteiger partial charge in [0.25, 0.3) is 0 Å². The third-order valence-electron chi connectivity index (χ3n) is 3.98. The minimum atomic E-state index is -0.295. The summed E-state index contributed by atoms with van der Waals surface area (Å²) in [5.41, 5.74) is 1.19. The van der Waals surface area contributed by atoms with Gasteiger partial charge in [0.15, 0.2) is 0 Å². The van der Waals surface area contributed by atoms with Gasteiger partial charge in [-0.15, -0.1) is 0 Å². The Morgan fingerprint density at radius 2 is 1.67 bits per heavy atom. The normalized spacial score (nSPS) is 14.4. The number of amides is 2. The molecular weight excluding hydrogens is 308 g/mol. The van der Waals surface area contributed by atoms with E-state index in [-0.39, 0.29) is 12.0 Å². The molecule has 6 nitrogen and oxygen atoms in total. The molecular formula is C18H26N2O4. The molecule has 132 valence electrons. The fraction of sp³-hybridized carbons (Fsp3) is 0.556. The van der Waals surface area contributed by atoms with Gasteiger partial charge in [0.1, 0.15) is 5.75 Å². The van der Waals surface area contributed by atoms with Crippen molar-refractivity contribution >= 4 is 12.0 Å². The quantitative estimate of drug-likeness (QED) is 0.750. The molecule has 1 aliphatic heterocycles. The van der Waals surface area contributed by atoms with E-state index >= 15 is 0 Å². The smallest absolute Gasteiger partial charge is 0.409 e. The summed E-state index contributed by atoms with van der Waals surface area (Å²) in [5.74, 6) is 0.946. The first kappa shape index (κ1) is 18.1. The molecule has 0 aromatic heterocycles. The summed E-state index contributed by atoms with van der Waals surface area (Å²) in [4.78, 5) is 27.3. The highest BCUT2D eigenvalue weighted by Crippen LogP contribution is 2.12. The van der Waals surface area contributed by atoms with Crippen LogP contribution in [-0.2, 0) is 9.53 Å². The molecule has 0 saturated carbocycles. The minimum absolute atomic E-state index is 0.117. The van der Waals surface area contributed by atoms with Crippen LogP contribution in [0, 0.1) is 6.92 Å². The first-order valence-corrected chi connectivity index (χ1v) is 8.49. The van der Waals surface area contributed by atoms with E-state index in [0.717, 1.165) is 5.75 Å². The Bertz CT molecular complexity index is 536. The van der Waals surface area contributed by atoms with E-state index in [2.05, 4.69) is 0 Å². The van der Waals surface area contributed by atoms with E-state index in [0.29, 0.717) is 52.2 Å². The Labute approximate surface area is 143 Å². The van der Waals surface area contributed by atoms with Gasteiger partial charge in [-0.1, -0.05) is 17.7 Å². The molecule has 1 aliphatic rings. The van der Waals surface area contributed by atoms with Gasteiger partial charge in [0.2, 0.25) is 5.91 Å². The van der Waals surface area contributed by atoms with Crippen LogP contribution in [0.25, 0.3) is 0 Å². The lowest BCUT2D eigenvalue weighted by molar-refractivity contribution is -0.133. The topological polar surface area (TPSA) is 59.1 Å². The monoisotopic (exact) mass is 334 g/mol. The molecule has 1 aromatic carbocycles. The average molecular weight is 334 g/mol. The van der Waals surface area contributed by atoms with Crippen LogP contribution in [-0.4, -0.2) is 61.2 Å². The van der Waals surface area contributed by atoms with Gasteiger partial charge in [-0.3, -0.25) is 4.79 Å². The Morgan fingerprint density at radius 3 is 2.29 bits per heavy atom. The highest BCUT2D eigenvalue weighted by atomic mass is 16.6. The number of hydrogen-bond donors (Lipinski definition) is 0. The average Bonchev–Trinajstić information content (AvgIpc) is 2.60. The number of carbonyl (C=O) groups excluding carboxylic acids is 2. The second-order valence-electron chi connectivity index (χ2n) is 5.83. The zero-order valence-electron chi connectivity index (χ0n) is 14.5. The maximum Gasteiger partial charge on any atom is 0.409 e. The van der Waals surface area contributed by atoms with Crippen molar-refractivity contribution in [2.75, 3.05) is 39.4 Å². The van der Waals surface area contributed by atoms with Gasteiger partial charge in [-0.05, 0) is 32.4 Å². The molecule has 2 amide bonds. The Hall–Kier alpha value is -2.24. The molecule has 0 N–H and O–H groups in total. The van der Waals surface area contributed by atoms with Crippen molar-refractivity contribution in [2.24, 2.45) is 0 Å². The zero-order chi connectivity index (χ0) is 17.4. The second-order valence-corrected chi connectivity index (χ2v) is 5.83. The number of carbonyl (C=O) groups is 2. The van der Waals surface area contributed by atoms with E-state index in [9.17, 15) is 9.59 Å². The summed E-state index contributed by atoms with van der Waals surface area (Å²) < 4.78 is 10.6. The predicted molar refractivity (Wildman–Crippen MR) is 91.1 cm³/mol. The van der Waals surface area contributed by atoms with Crippen LogP contribution in [0.1, 0.15) is 25.3 Å². The number of rotatable bonds is 6. The number of nitrogens with zero attached hydrogens (tertiary/aromatic N) is 2. The van der Waals surface area contributed by atoms with Gasteiger partial charge < -0.3 is 19.3 Å². The van der Waals surface area contributed by atoms with Crippen LogP contribution in [0.5, 0.6) is 5.75 Å². The fourth-order valence-electron chi connectivity index (χ4n) is 2.56. The lowest BCUT2D eigenvalue weighted by Crippen LogP contribution is -2.50. The first-order valence-electron chi connectivity index (χ1n) is 8.49. The summed E-state index contributed by atoms with van der Waals surface area (Å²) in [5, 5.41) is 0. The molecule has 1 fully saturated rings. The lowest BCUT2D eigenvalue weighted by atomic mass is 10.2.